The molecular formula is C24H27N5O2S. The molecular weight excluding hydrogens is 422 g/mol. The standard InChI is InChI=1S/C24H27N5O2S/c1-3-29-21(14-22(30)25-20-10-8-17(2)9-11-20)26-27-24(29)32-16-23(31)28-13-12-18-6-4-5-7-19(18)15-28/h4-11H,3,12-16H2,1-2H3,(H,25,30). The molecule has 1 aliphatic heterocycles. The molecule has 32 heavy (non-hydrogen) atoms. The first-order chi connectivity index (χ1) is 15.5. The number of rotatable bonds is 7. The van der Waals surface area contributed by atoms with Crippen molar-refractivity contribution in [3.63, 3.8) is 0 Å². The van der Waals surface area contributed by atoms with Gasteiger partial charge in [0.05, 0.1) is 12.2 Å². The summed E-state index contributed by atoms with van der Waals surface area (Å²) in [6, 6.07) is 15.9. The van der Waals surface area contributed by atoms with Crippen molar-refractivity contribution in [3.05, 3.63) is 71.0 Å². The lowest BCUT2D eigenvalue weighted by molar-refractivity contribution is -0.129. The number of thioether (sulfide) groups is 1. The fourth-order valence-electron chi connectivity index (χ4n) is 3.79. The van der Waals surface area contributed by atoms with Crippen LogP contribution >= 0.6 is 11.8 Å². The number of benzene rings is 2. The van der Waals surface area contributed by atoms with Crippen molar-refractivity contribution in [1.82, 2.24) is 19.7 Å². The van der Waals surface area contributed by atoms with Gasteiger partial charge in [-0.25, -0.2) is 0 Å². The minimum absolute atomic E-state index is 0.0915. The third-order valence-corrected chi connectivity index (χ3v) is 6.52. The third-order valence-electron chi connectivity index (χ3n) is 5.57. The lowest BCUT2D eigenvalue weighted by Crippen LogP contribution is -2.37. The molecule has 0 spiro atoms. The van der Waals surface area contributed by atoms with Crippen LogP contribution in [0, 0.1) is 6.92 Å². The smallest absolute Gasteiger partial charge is 0.233 e. The van der Waals surface area contributed by atoms with Crippen molar-refractivity contribution in [1.29, 1.82) is 0 Å². The summed E-state index contributed by atoms with van der Waals surface area (Å²) in [5, 5.41) is 12.0. The zero-order valence-corrected chi connectivity index (χ0v) is 19.2. The molecule has 1 aromatic heterocycles. The van der Waals surface area contributed by atoms with E-state index in [1.54, 1.807) is 0 Å². The number of hydrogen-bond acceptors (Lipinski definition) is 5. The zero-order chi connectivity index (χ0) is 22.5. The molecule has 3 aromatic rings. The number of amides is 2. The molecule has 0 saturated carbocycles. The second kappa shape index (κ2) is 9.99. The Kier molecular flexibility index (Phi) is 6.90. The van der Waals surface area contributed by atoms with Crippen LogP contribution in [0.15, 0.2) is 53.7 Å². The molecule has 166 valence electrons. The van der Waals surface area contributed by atoms with Gasteiger partial charge < -0.3 is 14.8 Å². The van der Waals surface area contributed by atoms with Crippen LogP contribution in [-0.4, -0.2) is 43.8 Å². The Morgan fingerprint density at radius 2 is 1.81 bits per heavy atom. The second-order valence-electron chi connectivity index (χ2n) is 7.86. The van der Waals surface area contributed by atoms with Crippen molar-refractivity contribution >= 4 is 29.3 Å². The summed E-state index contributed by atoms with van der Waals surface area (Å²) in [6.07, 6.45) is 1.02. The molecule has 4 rings (SSSR count). The molecule has 2 heterocycles. The van der Waals surface area contributed by atoms with Gasteiger partial charge >= 0.3 is 0 Å². The maximum atomic E-state index is 12.8. The predicted molar refractivity (Wildman–Crippen MR) is 125 cm³/mol. The van der Waals surface area contributed by atoms with Gasteiger partial charge in [-0.2, -0.15) is 0 Å². The maximum absolute atomic E-state index is 12.8. The number of carbonyl (C=O) groups excluding carboxylic acids is 2. The van der Waals surface area contributed by atoms with Crippen molar-refractivity contribution < 1.29 is 9.59 Å². The fourth-order valence-corrected chi connectivity index (χ4v) is 4.71. The summed E-state index contributed by atoms with van der Waals surface area (Å²) in [7, 11) is 0. The third kappa shape index (κ3) is 5.19. The van der Waals surface area contributed by atoms with Gasteiger partial charge in [0, 0.05) is 25.3 Å². The Labute approximate surface area is 192 Å². The molecule has 0 unspecified atom stereocenters. The number of nitrogens with zero attached hydrogens (tertiary/aromatic N) is 4. The largest absolute Gasteiger partial charge is 0.337 e. The van der Waals surface area contributed by atoms with Crippen molar-refractivity contribution in [2.45, 2.75) is 44.9 Å². The van der Waals surface area contributed by atoms with E-state index in [9.17, 15) is 9.59 Å². The summed E-state index contributed by atoms with van der Waals surface area (Å²) in [5.74, 6) is 0.846. The average molecular weight is 450 g/mol. The molecule has 2 aromatic carbocycles. The Hall–Kier alpha value is -3.13. The van der Waals surface area contributed by atoms with Crippen LogP contribution in [0.4, 0.5) is 5.69 Å². The van der Waals surface area contributed by atoms with E-state index in [-0.39, 0.29) is 18.2 Å². The van der Waals surface area contributed by atoms with E-state index < -0.39 is 0 Å². The maximum Gasteiger partial charge on any atom is 0.233 e. The summed E-state index contributed by atoms with van der Waals surface area (Å²) in [4.78, 5) is 27.1. The van der Waals surface area contributed by atoms with E-state index >= 15 is 0 Å². The minimum atomic E-state index is -0.143. The summed E-state index contributed by atoms with van der Waals surface area (Å²) < 4.78 is 1.90. The second-order valence-corrected chi connectivity index (χ2v) is 8.80. The lowest BCUT2D eigenvalue weighted by Gasteiger charge is -2.28. The van der Waals surface area contributed by atoms with Gasteiger partial charge in [-0.3, -0.25) is 9.59 Å². The Balaban J connectivity index is 1.34. The van der Waals surface area contributed by atoms with Crippen LogP contribution in [0.25, 0.3) is 0 Å². The summed E-state index contributed by atoms with van der Waals surface area (Å²) in [5.41, 5.74) is 4.43. The normalized spacial score (nSPS) is 13.0. The molecule has 0 saturated heterocycles. The molecule has 0 radical (unpaired) electrons. The van der Waals surface area contributed by atoms with E-state index in [1.165, 1.54) is 22.9 Å². The SMILES string of the molecule is CCn1c(CC(=O)Nc2ccc(C)cc2)nnc1SCC(=O)N1CCc2ccccc2C1. The molecule has 0 atom stereocenters. The van der Waals surface area contributed by atoms with Crippen molar-refractivity contribution in [3.8, 4) is 0 Å². The van der Waals surface area contributed by atoms with Crippen molar-refractivity contribution in [2.24, 2.45) is 0 Å². The van der Waals surface area contributed by atoms with Crippen LogP contribution in [0.3, 0.4) is 0 Å². The number of hydrogen-bond donors (Lipinski definition) is 1. The topological polar surface area (TPSA) is 80.1 Å². The van der Waals surface area contributed by atoms with Crippen LogP contribution in [0.5, 0.6) is 0 Å². The van der Waals surface area contributed by atoms with Gasteiger partial charge in [-0.05, 0) is 43.5 Å². The van der Waals surface area contributed by atoms with E-state index in [0.29, 0.717) is 29.8 Å². The van der Waals surface area contributed by atoms with Gasteiger partial charge in [0.25, 0.3) is 0 Å². The molecule has 0 fully saturated rings. The number of carbonyl (C=O) groups is 2. The van der Waals surface area contributed by atoms with E-state index in [1.807, 2.05) is 59.7 Å². The highest BCUT2D eigenvalue weighted by Gasteiger charge is 2.22. The van der Waals surface area contributed by atoms with Gasteiger partial charge in [-0.1, -0.05) is 53.7 Å². The first kappa shape index (κ1) is 22.1. The number of anilines is 1. The van der Waals surface area contributed by atoms with Crippen molar-refractivity contribution in [2.75, 3.05) is 17.6 Å². The minimum Gasteiger partial charge on any atom is -0.337 e. The zero-order valence-electron chi connectivity index (χ0n) is 18.4. The molecule has 1 N–H and O–H groups in total. The average Bonchev–Trinajstić information content (AvgIpc) is 3.19. The number of nitrogens with one attached hydrogen (secondary N) is 1. The Bertz CT molecular complexity index is 1110. The number of aryl methyl sites for hydroxylation is 1. The summed E-state index contributed by atoms with van der Waals surface area (Å²) in [6.45, 7) is 6.01. The summed E-state index contributed by atoms with van der Waals surface area (Å²) >= 11 is 1.37. The number of fused-ring (bicyclic) bond motifs is 1. The number of aromatic nitrogens is 3. The quantitative estimate of drug-likeness (QED) is 0.559. The first-order valence-electron chi connectivity index (χ1n) is 10.8. The molecule has 0 bridgehead atoms. The fraction of sp³-hybridized carbons (Fsp3) is 0.333. The van der Waals surface area contributed by atoms with Gasteiger partial charge in [0.15, 0.2) is 5.16 Å². The highest BCUT2D eigenvalue weighted by Crippen LogP contribution is 2.22. The van der Waals surface area contributed by atoms with E-state index in [4.69, 9.17) is 0 Å². The molecule has 2 amide bonds. The van der Waals surface area contributed by atoms with Gasteiger partial charge in [-0.15, -0.1) is 10.2 Å². The monoisotopic (exact) mass is 449 g/mol. The van der Waals surface area contributed by atoms with Crippen LogP contribution < -0.4 is 5.32 Å². The van der Waals surface area contributed by atoms with Crippen LogP contribution in [0.1, 0.15) is 29.4 Å². The molecule has 0 aliphatic carbocycles. The van der Waals surface area contributed by atoms with Crippen LogP contribution in [-0.2, 0) is 35.5 Å². The van der Waals surface area contributed by atoms with E-state index in [2.05, 4.69) is 27.6 Å². The van der Waals surface area contributed by atoms with Gasteiger partial charge in [0.2, 0.25) is 11.8 Å². The molecule has 1 aliphatic rings. The first-order valence-corrected chi connectivity index (χ1v) is 11.8. The highest BCUT2D eigenvalue weighted by molar-refractivity contribution is 7.99. The van der Waals surface area contributed by atoms with Gasteiger partial charge in [0.1, 0.15) is 5.82 Å². The highest BCUT2D eigenvalue weighted by atomic mass is 32.2. The Morgan fingerprint density at radius 3 is 2.56 bits per heavy atom. The predicted octanol–water partition coefficient (Wildman–Crippen LogP) is 3.46. The Morgan fingerprint density at radius 1 is 1.06 bits per heavy atom. The van der Waals surface area contributed by atoms with E-state index in [0.717, 1.165) is 24.2 Å². The molecule has 8 heteroatoms. The molecule has 7 nitrogen and oxygen atoms in total. The van der Waals surface area contributed by atoms with Crippen LogP contribution in [0.2, 0.25) is 0 Å². The lowest BCUT2D eigenvalue weighted by atomic mass is 10.00.